The minimum atomic E-state index is -0.292. The molecule has 3 fully saturated rings. The van der Waals surface area contributed by atoms with E-state index in [1.165, 1.54) is 6.92 Å². The van der Waals surface area contributed by atoms with Gasteiger partial charge in [-0.2, -0.15) is 0 Å². The van der Waals surface area contributed by atoms with E-state index >= 15 is 0 Å². The van der Waals surface area contributed by atoms with Gasteiger partial charge in [-0.25, -0.2) is 4.39 Å². The molecule has 27 heavy (non-hydrogen) atoms. The molecule has 0 unspecified atom stereocenters. The highest BCUT2D eigenvalue weighted by Crippen LogP contribution is 2.66. The van der Waals surface area contributed by atoms with Crippen molar-refractivity contribution in [1.82, 2.24) is 0 Å². The molecule has 0 amide bonds. The van der Waals surface area contributed by atoms with Gasteiger partial charge in [-0.15, -0.1) is 0 Å². The summed E-state index contributed by atoms with van der Waals surface area (Å²) < 4.78 is 14.1. The molecule has 0 spiro atoms. The average Bonchev–Trinajstić information content (AvgIpc) is 2.92. The van der Waals surface area contributed by atoms with E-state index in [0.717, 1.165) is 36.6 Å². The normalized spacial score (nSPS) is 42.8. The minimum absolute atomic E-state index is 0.0304. The summed E-state index contributed by atoms with van der Waals surface area (Å²) in [5, 5.41) is -0.131. The van der Waals surface area contributed by atoms with Gasteiger partial charge in [0.25, 0.3) is 0 Å². The highest BCUT2D eigenvalue weighted by atomic mass is 32.2. The highest BCUT2D eigenvalue weighted by Gasteiger charge is 2.60. The van der Waals surface area contributed by atoms with E-state index in [-0.39, 0.29) is 27.6 Å². The first-order chi connectivity index (χ1) is 12.7. The Morgan fingerprint density at radius 3 is 2.48 bits per heavy atom. The largest absolute Gasteiger partial charge is 0.299 e. The molecular weight excluding hydrogens is 363 g/mol. The van der Waals surface area contributed by atoms with Crippen molar-refractivity contribution in [2.75, 3.05) is 0 Å². The van der Waals surface area contributed by atoms with Crippen molar-refractivity contribution in [3.63, 3.8) is 0 Å². The monoisotopic (exact) mass is 390 g/mol. The quantitative estimate of drug-likeness (QED) is 0.621. The van der Waals surface area contributed by atoms with Crippen LogP contribution in [0, 0.1) is 28.6 Å². The van der Waals surface area contributed by atoms with Crippen LogP contribution in [0.5, 0.6) is 0 Å². The summed E-state index contributed by atoms with van der Waals surface area (Å²) >= 11 is 0.975. The van der Waals surface area contributed by atoms with Crippen LogP contribution < -0.4 is 0 Å². The Balaban J connectivity index is 1.83. The summed E-state index contributed by atoms with van der Waals surface area (Å²) in [5.74, 6) is 1.27. The third-order valence-corrected chi connectivity index (χ3v) is 8.96. The number of thioether (sulfide) groups is 1. The van der Waals surface area contributed by atoms with Gasteiger partial charge < -0.3 is 0 Å². The summed E-state index contributed by atoms with van der Waals surface area (Å²) in [6.45, 7) is 5.73. The summed E-state index contributed by atoms with van der Waals surface area (Å²) in [5.41, 5.74) is 0.816. The molecule has 3 nitrogen and oxygen atoms in total. The Kier molecular flexibility index (Phi) is 4.53. The number of hydrogen-bond donors (Lipinski definition) is 0. The van der Waals surface area contributed by atoms with Gasteiger partial charge in [0.2, 0.25) is 0 Å². The van der Waals surface area contributed by atoms with Crippen LogP contribution in [0.4, 0.5) is 4.39 Å². The van der Waals surface area contributed by atoms with Gasteiger partial charge in [-0.1, -0.05) is 13.8 Å². The second kappa shape index (κ2) is 6.40. The maximum absolute atomic E-state index is 14.1. The number of hydrogen-bond acceptors (Lipinski definition) is 4. The molecule has 0 aromatic heterocycles. The first-order valence-electron chi connectivity index (χ1n) is 10.0. The maximum Gasteiger partial charge on any atom is 0.190 e. The predicted molar refractivity (Wildman–Crippen MR) is 104 cm³/mol. The van der Waals surface area contributed by atoms with E-state index in [4.69, 9.17) is 0 Å². The van der Waals surface area contributed by atoms with Gasteiger partial charge in [0.05, 0.1) is 11.2 Å². The summed E-state index contributed by atoms with van der Waals surface area (Å²) in [6, 6.07) is 0. The SMILES string of the molecule is CC(=O)SC1=C2C(=CF)C[C@@H]3[C@H](CC[C@]4(C)C(=O)CC[C@@H]34)[C@@]2(C)CCC1=O. The number of fused-ring (bicyclic) bond motifs is 5. The molecule has 5 atom stereocenters. The van der Waals surface area contributed by atoms with E-state index < -0.39 is 0 Å². The zero-order valence-electron chi connectivity index (χ0n) is 16.3. The number of ketones is 2. The van der Waals surface area contributed by atoms with Crippen LogP contribution in [0.15, 0.2) is 22.4 Å². The lowest BCUT2D eigenvalue weighted by Crippen LogP contribution is -2.51. The maximum atomic E-state index is 14.1. The molecule has 4 aliphatic carbocycles. The van der Waals surface area contributed by atoms with Crippen molar-refractivity contribution < 1.29 is 18.8 Å². The smallest absolute Gasteiger partial charge is 0.190 e. The van der Waals surface area contributed by atoms with Crippen LogP contribution in [-0.4, -0.2) is 16.7 Å². The summed E-state index contributed by atoms with van der Waals surface area (Å²) in [6.07, 6.45) is 5.73. The molecule has 4 aliphatic rings. The van der Waals surface area contributed by atoms with Crippen molar-refractivity contribution in [2.45, 2.75) is 65.7 Å². The zero-order valence-corrected chi connectivity index (χ0v) is 17.1. The Bertz CT molecular complexity index is 797. The molecule has 4 rings (SSSR count). The molecule has 5 heteroatoms. The van der Waals surface area contributed by atoms with E-state index in [2.05, 4.69) is 13.8 Å². The van der Waals surface area contributed by atoms with Gasteiger partial charge in [0.15, 0.2) is 10.9 Å². The third-order valence-electron chi connectivity index (χ3n) is 8.04. The van der Waals surface area contributed by atoms with Crippen LogP contribution in [0.25, 0.3) is 0 Å². The summed E-state index contributed by atoms with van der Waals surface area (Å²) in [4.78, 5) is 37.4. The topological polar surface area (TPSA) is 51.2 Å². The predicted octanol–water partition coefficient (Wildman–Crippen LogP) is 5.16. The third kappa shape index (κ3) is 2.64. The van der Waals surface area contributed by atoms with Crippen LogP contribution in [-0.2, 0) is 14.4 Å². The fraction of sp³-hybridized carbons (Fsp3) is 0.682. The molecule has 0 radical (unpaired) electrons. The van der Waals surface area contributed by atoms with Crippen molar-refractivity contribution in [1.29, 1.82) is 0 Å². The number of Topliss-reactive ketones (excluding diaryl/α,β-unsaturated/α-hetero) is 2. The summed E-state index contributed by atoms with van der Waals surface area (Å²) in [7, 11) is 0. The Labute approximate surface area is 164 Å². The number of carbonyl (C=O) groups is 3. The number of halogens is 1. The van der Waals surface area contributed by atoms with Gasteiger partial charge in [-0.05, 0) is 78.2 Å². The van der Waals surface area contributed by atoms with E-state index in [1.807, 2.05) is 0 Å². The van der Waals surface area contributed by atoms with Crippen LogP contribution in [0.3, 0.4) is 0 Å². The van der Waals surface area contributed by atoms with E-state index in [0.29, 0.717) is 60.1 Å². The fourth-order valence-corrected chi connectivity index (χ4v) is 7.70. The van der Waals surface area contributed by atoms with E-state index in [9.17, 15) is 18.8 Å². The zero-order chi connectivity index (χ0) is 19.6. The number of rotatable bonds is 1. The Hall–Kier alpha value is -1.23. The number of allylic oxidation sites excluding steroid dienone is 2. The van der Waals surface area contributed by atoms with Gasteiger partial charge in [0.1, 0.15) is 5.78 Å². The molecule has 0 heterocycles. The standard InChI is InChI=1S/C22H27FO3S/c1-12(24)27-20-17(25)7-9-22(3)16-6-8-21(2)15(4-5-18(21)26)14(16)10-13(11-23)19(20)22/h11,14-16H,4-10H2,1-3H3/t14-,15-,16-,21-,22+/m0/s1. The van der Waals surface area contributed by atoms with Crippen molar-refractivity contribution in [3.05, 3.63) is 22.4 Å². The minimum Gasteiger partial charge on any atom is -0.299 e. The van der Waals surface area contributed by atoms with Gasteiger partial charge >= 0.3 is 0 Å². The van der Waals surface area contributed by atoms with Crippen molar-refractivity contribution in [2.24, 2.45) is 28.6 Å². The average molecular weight is 391 g/mol. The van der Waals surface area contributed by atoms with Gasteiger partial charge in [-0.3, -0.25) is 14.4 Å². The molecule has 0 aromatic rings. The van der Waals surface area contributed by atoms with E-state index in [1.54, 1.807) is 0 Å². The fourth-order valence-electron chi connectivity index (χ4n) is 6.73. The second-order valence-electron chi connectivity index (χ2n) is 9.27. The highest BCUT2D eigenvalue weighted by molar-refractivity contribution is 8.17. The molecular formula is C22H27FO3S. The molecule has 0 aliphatic heterocycles. The second-order valence-corrected chi connectivity index (χ2v) is 10.5. The lowest BCUT2D eigenvalue weighted by atomic mass is 9.46. The molecule has 146 valence electrons. The van der Waals surface area contributed by atoms with Crippen LogP contribution in [0.2, 0.25) is 0 Å². The van der Waals surface area contributed by atoms with Crippen molar-refractivity contribution >= 4 is 28.4 Å². The molecule has 0 bridgehead atoms. The lowest BCUT2D eigenvalue weighted by Gasteiger charge is -2.57. The van der Waals surface area contributed by atoms with Gasteiger partial charge in [0, 0.05) is 25.2 Å². The molecule has 0 saturated heterocycles. The van der Waals surface area contributed by atoms with Crippen LogP contribution in [0.1, 0.15) is 65.7 Å². The Morgan fingerprint density at radius 1 is 1.11 bits per heavy atom. The lowest BCUT2D eigenvalue weighted by molar-refractivity contribution is -0.132. The number of carbonyl (C=O) groups excluding carboxylic acids is 3. The van der Waals surface area contributed by atoms with Crippen molar-refractivity contribution in [3.8, 4) is 0 Å². The first-order valence-corrected chi connectivity index (χ1v) is 10.8. The first kappa shape index (κ1) is 19.1. The molecule has 3 saturated carbocycles. The molecule has 0 aromatic carbocycles. The van der Waals surface area contributed by atoms with Crippen LogP contribution >= 0.6 is 11.8 Å². The Morgan fingerprint density at radius 2 is 1.81 bits per heavy atom. The molecule has 0 N–H and O–H groups in total.